The van der Waals surface area contributed by atoms with Crippen LogP contribution in [0.3, 0.4) is 0 Å². The standard InChI is InChI=1S/C46H27N.C24H15N.C22H13Br/c1-2-12-33-28(9-1)19-20-29-21-22-40-39(44(29)33)25-26-43-46(40)41-15-5-6-18-42(41)47(43)31-11-7-10-30(27-31)32-23-24-38-35-14-4-3-13-34(35)37-17-8-16-36(32)45(37)38;1-2-6-17-15(5-1)9-10-16-11-12-19-18(23(16)17)13-14-22-24(19)20-7-3-4-8-21(20)25-22;23-15-6-3-5-14(13-15)16-11-12-21-18-8-2-1-7-17(18)20-10-4-9-19(16)22(20)21/h1-27H;1-14,25H;1-13H. The molecule has 0 bridgehead atoms. The Morgan fingerprint density at radius 3 is 1.24 bits per heavy atom. The van der Waals surface area contributed by atoms with E-state index in [-0.39, 0.29) is 0 Å². The van der Waals surface area contributed by atoms with E-state index in [9.17, 15) is 0 Å². The minimum atomic E-state index is 1.11. The summed E-state index contributed by atoms with van der Waals surface area (Å²) in [4.78, 5) is 3.56. The molecule has 95 heavy (non-hydrogen) atoms. The van der Waals surface area contributed by atoms with E-state index in [1.54, 1.807) is 0 Å². The zero-order valence-electron chi connectivity index (χ0n) is 51.5. The lowest BCUT2D eigenvalue weighted by Gasteiger charge is -2.13. The molecule has 2 aliphatic carbocycles. The van der Waals surface area contributed by atoms with E-state index in [1.807, 2.05) is 0 Å². The van der Waals surface area contributed by atoms with Gasteiger partial charge in [-0.05, 0) is 201 Å². The van der Waals surface area contributed by atoms with Gasteiger partial charge in [0.05, 0.1) is 11.0 Å². The molecule has 20 aromatic rings. The highest BCUT2D eigenvalue weighted by atomic mass is 79.9. The lowest BCUT2D eigenvalue weighted by Crippen LogP contribution is -1.94. The highest BCUT2D eigenvalue weighted by Gasteiger charge is 2.25. The Morgan fingerprint density at radius 2 is 0.632 bits per heavy atom. The molecule has 0 atom stereocenters. The number of aromatic nitrogens is 2. The fourth-order valence-electron chi connectivity index (χ4n) is 16.5. The molecule has 2 aromatic heterocycles. The largest absolute Gasteiger partial charge is 0.354 e. The van der Waals surface area contributed by atoms with E-state index < -0.39 is 0 Å². The zero-order valence-corrected chi connectivity index (χ0v) is 53.1. The average Bonchev–Trinajstić information content (AvgIpc) is 1.65. The topological polar surface area (TPSA) is 20.7 Å². The second kappa shape index (κ2) is 21.1. The first-order chi connectivity index (χ1) is 47.1. The van der Waals surface area contributed by atoms with Crippen LogP contribution in [-0.2, 0) is 0 Å². The quantitative estimate of drug-likeness (QED) is 0.170. The van der Waals surface area contributed by atoms with Gasteiger partial charge in [0.25, 0.3) is 0 Å². The van der Waals surface area contributed by atoms with Crippen LogP contribution in [0.25, 0.3) is 202 Å². The number of halogens is 1. The van der Waals surface area contributed by atoms with Crippen LogP contribution >= 0.6 is 15.9 Å². The molecule has 440 valence electrons. The Labute approximate surface area is 556 Å². The highest BCUT2D eigenvalue weighted by molar-refractivity contribution is 9.10. The zero-order chi connectivity index (χ0) is 62.4. The predicted octanol–water partition coefficient (Wildman–Crippen LogP) is 26.4. The summed E-state index contributed by atoms with van der Waals surface area (Å²) in [7, 11) is 0. The van der Waals surface area contributed by atoms with Crippen molar-refractivity contribution in [2.24, 2.45) is 0 Å². The molecule has 0 fully saturated rings. The van der Waals surface area contributed by atoms with Crippen molar-refractivity contribution in [3.05, 3.63) is 332 Å². The van der Waals surface area contributed by atoms with Crippen molar-refractivity contribution >= 4 is 146 Å². The Hall–Kier alpha value is -11.9. The predicted molar refractivity (Wildman–Crippen MR) is 411 cm³/mol. The van der Waals surface area contributed by atoms with Crippen molar-refractivity contribution in [2.75, 3.05) is 0 Å². The van der Waals surface area contributed by atoms with E-state index in [4.69, 9.17) is 0 Å². The smallest absolute Gasteiger partial charge is 0.0547 e. The number of aromatic amines is 1. The number of benzene rings is 18. The maximum absolute atomic E-state index is 3.59. The normalized spacial score (nSPS) is 12.1. The second-order valence-corrected chi connectivity index (χ2v) is 26.4. The molecule has 0 amide bonds. The summed E-state index contributed by atoms with van der Waals surface area (Å²) in [6, 6.07) is 120. The van der Waals surface area contributed by atoms with Gasteiger partial charge < -0.3 is 9.55 Å². The molecule has 0 aliphatic heterocycles. The third-order valence-corrected chi connectivity index (χ3v) is 21.1. The summed E-state index contributed by atoms with van der Waals surface area (Å²) in [6.45, 7) is 0. The molecule has 0 spiro atoms. The van der Waals surface area contributed by atoms with Crippen molar-refractivity contribution in [3.8, 4) is 72.4 Å². The second-order valence-electron chi connectivity index (χ2n) is 25.5. The van der Waals surface area contributed by atoms with Gasteiger partial charge in [0.1, 0.15) is 0 Å². The Bertz CT molecular complexity index is 6620. The number of hydrogen-bond acceptors (Lipinski definition) is 0. The molecule has 0 saturated carbocycles. The van der Waals surface area contributed by atoms with E-state index >= 15 is 0 Å². The first kappa shape index (κ1) is 53.8. The Balaban J connectivity index is 0.000000108. The number of fused-ring (bicyclic) bond motifs is 24. The lowest BCUT2D eigenvalue weighted by atomic mass is 9.94. The van der Waals surface area contributed by atoms with Crippen molar-refractivity contribution in [2.45, 2.75) is 0 Å². The molecule has 22 rings (SSSR count). The first-order valence-corrected chi connectivity index (χ1v) is 33.5. The minimum absolute atomic E-state index is 1.11. The van der Waals surface area contributed by atoms with Crippen LogP contribution in [0.2, 0.25) is 0 Å². The van der Waals surface area contributed by atoms with E-state index in [0.717, 1.165) is 4.47 Å². The summed E-state index contributed by atoms with van der Waals surface area (Å²) in [5, 5.41) is 26.3. The van der Waals surface area contributed by atoms with Gasteiger partial charge in [-0.2, -0.15) is 0 Å². The van der Waals surface area contributed by atoms with Crippen LogP contribution in [0.4, 0.5) is 0 Å². The number of nitrogens with zero attached hydrogens (tertiary/aromatic N) is 1. The number of rotatable bonds is 3. The highest BCUT2D eigenvalue weighted by Crippen LogP contribution is 2.52. The molecular weight excluding hydrogens is 1210 g/mol. The average molecular weight is 1270 g/mol. The van der Waals surface area contributed by atoms with Crippen molar-refractivity contribution in [1.29, 1.82) is 0 Å². The summed E-state index contributed by atoms with van der Waals surface area (Å²) in [5.74, 6) is 0. The molecule has 0 saturated heterocycles. The van der Waals surface area contributed by atoms with Crippen LogP contribution < -0.4 is 0 Å². The summed E-state index contributed by atoms with van der Waals surface area (Å²) in [6.07, 6.45) is 0. The molecule has 18 aromatic carbocycles. The van der Waals surface area contributed by atoms with Gasteiger partial charge in [-0.3, -0.25) is 0 Å². The molecule has 2 heterocycles. The maximum Gasteiger partial charge on any atom is 0.0547 e. The number of H-pyrrole nitrogens is 1. The number of nitrogens with one attached hydrogen (secondary N) is 1. The van der Waals surface area contributed by atoms with Crippen LogP contribution in [-0.4, -0.2) is 9.55 Å². The van der Waals surface area contributed by atoms with Gasteiger partial charge >= 0.3 is 0 Å². The summed E-state index contributed by atoms with van der Waals surface area (Å²) >= 11 is 3.59. The van der Waals surface area contributed by atoms with E-state index in [0.29, 0.717) is 0 Å². The van der Waals surface area contributed by atoms with Crippen LogP contribution in [0.5, 0.6) is 0 Å². The molecule has 2 nitrogen and oxygen atoms in total. The molecule has 1 N–H and O–H groups in total. The van der Waals surface area contributed by atoms with Gasteiger partial charge in [0.2, 0.25) is 0 Å². The first-order valence-electron chi connectivity index (χ1n) is 32.7. The molecule has 0 radical (unpaired) electrons. The number of para-hydroxylation sites is 2. The third kappa shape index (κ3) is 8.16. The Kier molecular flexibility index (Phi) is 11.9. The summed E-state index contributed by atoms with van der Waals surface area (Å²) in [5.41, 5.74) is 21.8. The van der Waals surface area contributed by atoms with E-state index in [1.165, 1.54) is 202 Å². The van der Waals surface area contributed by atoms with Crippen molar-refractivity contribution in [1.82, 2.24) is 9.55 Å². The summed E-state index contributed by atoms with van der Waals surface area (Å²) < 4.78 is 3.57. The fraction of sp³-hybridized carbons (Fsp3) is 0. The molecule has 2 aliphatic rings. The lowest BCUT2D eigenvalue weighted by molar-refractivity contribution is 1.18. The molecule has 0 unspecified atom stereocenters. The minimum Gasteiger partial charge on any atom is -0.354 e. The number of hydrogen-bond donors (Lipinski definition) is 1. The van der Waals surface area contributed by atoms with Crippen LogP contribution in [0.1, 0.15) is 0 Å². The van der Waals surface area contributed by atoms with E-state index in [2.05, 4.69) is 353 Å². The van der Waals surface area contributed by atoms with Crippen molar-refractivity contribution in [3.63, 3.8) is 0 Å². The fourth-order valence-corrected chi connectivity index (χ4v) is 16.9. The maximum atomic E-state index is 3.59. The van der Waals surface area contributed by atoms with Crippen molar-refractivity contribution < 1.29 is 0 Å². The van der Waals surface area contributed by atoms with Crippen LogP contribution in [0, 0.1) is 0 Å². The SMILES string of the molecule is Brc1cccc(-c2ccc3c4c(cccc24)-c2ccccc2-3)c1.c1cc(-c2ccc3c4c(cccc24)-c2ccccc2-3)cc(-n2c3ccccc3c3c4ccc5ccc6ccccc6c5c4ccc32)c1.c1ccc2c(c1)ccc1ccc3c(ccc4[nH]c5ccccc5c43)c12. The third-order valence-electron chi connectivity index (χ3n) is 20.6. The molecular formula is C92H55BrN2. The van der Waals surface area contributed by atoms with Gasteiger partial charge in [-0.15, -0.1) is 0 Å². The van der Waals surface area contributed by atoms with Gasteiger partial charge in [-0.25, -0.2) is 0 Å². The molecule has 3 heteroatoms. The Morgan fingerprint density at radius 1 is 0.211 bits per heavy atom. The van der Waals surface area contributed by atoms with Gasteiger partial charge in [-0.1, -0.05) is 295 Å². The van der Waals surface area contributed by atoms with Crippen LogP contribution in [0.15, 0.2) is 332 Å². The monoisotopic (exact) mass is 1270 g/mol. The van der Waals surface area contributed by atoms with Gasteiger partial charge in [0, 0.05) is 42.7 Å². The van der Waals surface area contributed by atoms with Gasteiger partial charge in [0.15, 0.2) is 0 Å².